The molecule has 0 aliphatic heterocycles. The van der Waals surface area contributed by atoms with Crippen LogP contribution in [-0.2, 0) is 10.8 Å². The lowest BCUT2D eigenvalue weighted by atomic mass is 9.96. The molecule has 60 valence electrons. The van der Waals surface area contributed by atoms with Crippen LogP contribution in [0, 0.1) is 0 Å². The smallest absolute Gasteiger partial charge is 0.0346 e. The van der Waals surface area contributed by atoms with E-state index >= 15 is 0 Å². The molecule has 0 spiro atoms. The van der Waals surface area contributed by atoms with Gasteiger partial charge in [-0.25, -0.2) is 0 Å². The van der Waals surface area contributed by atoms with Crippen LogP contribution in [0.3, 0.4) is 0 Å². The Bertz CT molecular complexity index is 130. The largest absolute Gasteiger partial charge is 0.328 e. The van der Waals surface area contributed by atoms with Crippen molar-refractivity contribution >= 4 is 10.8 Å². The molecule has 1 atom stereocenters. The summed E-state index contributed by atoms with van der Waals surface area (Å²) in [6.07, 6.45) is 6.03. The summed E-state index contributed by atoms with van der Waals surface area (Å²) < 4.78 is 11.0. The van der Waals surface area contributed by atoms with Crippen LogP contribution in [-0.4, -0.2) is 21.8 Å². The molecule has 0 saturated heterocycles. The second kappa shape index (κ2) is 3.49. The lowest BCUT2D eigenvalue weighted by Gasteiger charge is -2.23. The van der Waals surface area contributed by atoms with Gasteiger partial charge in [-0.2, -0.15) is 0 Å². The predicted molar refractivity (Wildman–Crippen MR) is 44.3 cm³/mol. The fourth-order valence-corrected chi connectivity index (χ4v) is 2.36. The average Bonchev–Trinajstić information content (AvgIpc) is 1.88. The highest BCUT2D eigenvalue weighted by Crippen LogP contribution is 2.20. The van der Waals surface area contributed by atoms with E-state index in [1.165, 1.54) is 0 Å². The zero-order chi connectivity index (χ0) is 7.56. The molecule has 0 unspecified atom stereocenters. The summed E-state index contributed by atoms with van der Waals surface area (Å²) in [6, 6.07) is 0.375. The maximum absolute atomic E-state index is 11.0. The van der Waals surface area contributed by atoms with Crippen LogP contribution in [0.2, 0.25) is 0 Å². The van der Waals surface area contributed by atoms with E-state index in [1.54, 1.807) is 6.26 Å². The summed E-state index contributed by atoms with van der Waals surface area (Å²) in [5.41, 5.74) is 5.70. The summed E-state index contributed by atoms with van der Waals surface area (Å²) in [4.78, 5) is 0. The summed E-state index contributed by atoms with van der Waals surface area (Å²) in [5.74, 6) is 0. The molecule has 2 nitrogen and oxygen atoms in total. The monoisotopic (exact) mass is 161 g/mol. The van der Waals surface area contributed by atoms with Crippen LogP contribution in [0.5, 0.6) is 0 Å². The van der Waals surface area contributed by atoms with Crippen molar-refractivity contribution in [1.82, 2.24) is 0 Å². The minimum atomic E-state index is -0.622. The van der Waals surface area contributed by atoms with Crippen molar-refractivity contribution in [2.24, 2.45) is 5.73 Å². The predicted octanol–water partition coefficient (Wildman–Crippen LogP) is 0.635. The SMILES string of the molecule is C[S@@](=O)C1CCC(N)CC1. The number of hydrogen-bond acceptors (Lipinski definition) is 2. The van der Waals surface area contributed by atoms with Crippen LogP contribution in [0.25, 0.3) is 0 Å². The molecule has 0 aromatic carbocycles. The van der Waals surface area contributed by atoms with Crippen molar-refractivity contribution < 1.29 is 4.21 Å². The van der Waals surface area contributed by atoms with Crippen LogP contribution in [0.4, 0.5) is 0 Å². The van der Waals surface area contributed by atoms with E-state index in [0.717, 1.165) is 25.7 Å². The lowest BCUT2D eigenvalue weighted by molar-refractivity contribution is 0.445. The maximum atomic E-state index is 11.0. The van der Waals surface area contributed by atoms with E-state index in [1.807, 2.05) is 0 Å². The summed E-state index contributed by atoms with van der Waals surface area (Å²) >= 11 is 0. The molecule has 3 heteroatoms. The summed E-state index contributed by atoms with van der Waals surface area (Å²) in [5, 5.41) is 0.430. The van der Waals surface area contributed by atoms with Crippen LogP contribution < -0.4 is 5.73 Å². The van der Waals surface area contributed by atoms with Gasteiger partial charge in [0.1, 0.15) is 0 Å². The lowest BCUT2D eigenvalue weighted by Crippen LogP contribution is -2.30. The van der Waals surface area contributed by atoms with E-state index in [9.17, 15) is 4.21 Å². The van der Waals surface area contributed by atoms with Crippen molar-refractivity contribution in [3.8, 4) is 0 Å². The standard InChI is InChI=1S/C7H15NOS/c1-10(9)7-4-2-6(8)3-5-7/h6-7H,2-5,8H2,1H3/t6?,7?,10-/m1/s1. The average molecular weight is 161 g/mol. The first kappa shape index (κ1) is 8.21. The first-order valence-electron chi connectivity index (χ1n) is 3.78. The van der Waals surface area contributed by atoms with Crippen molar-refractivity contribution in [3.63, 3.8) is 0 Å². The van der Waals surface area contributed by atoms with Gasteiger partial charge in [-0.3, -0.25) is 4.21 Å². The van der Waals surface area contributed by atoms with Crippen LogP contribution in [0.15, 0.2) is 0 Å². The highest BCUT2D eigenvalue weighted by Gasteiger charge is 2.20. The highest BCUT2D eigenvalue weighted by molar-refractivity contribution is 7.84. The van der Waals surface area contributed by atoms with Gasteiger partial charge in [0.25, 0.3) is 0 Å². The second-order valence-electron chi connectivity index (χ2n) is 3.04. The van der Waals surface area contributed by atoms with Crippen molar-refractivity contribution in [2.45, 2.75) is 37.0 Å². The van der Waals surface area contributed by atoms with Gasteiger partial charge in [-0.15, -0.1) is 0 Å². The third-order valence-corrected chi connectivity index (χ3v) is 3.60. The Morgan fingerprint density at radius 3 is 2.20 bits per heavy atom. The van der Waals surface area contributed by atoms with E-state index in [4.69, 9.17) is 5.73 Å². The van der Waals surface area contributed by atoms with Crippen molar-refractivity contribution in [2.75, 3.05) is 6.26 Å². The zero-order valence-electron chi connectivity index (χ0n) is 6.38. The molecule has 1 aliphatic carbocycles. The summed E-state index contributed by atoms with van der Waals surface area (Å²) in [7, 11) is -0.622. The Labute approximate surface area is 64.6 Å². The van der Waals surface area contributed by atoms with E-state index in [2.05, 4.69) is 0 Å². The normalized spacial score (nSPS) is 37.4. The second-order valence-corrected chi connectivity index (χ2v) is 4.70. The maximum Gasteiger partial charge on any atom is 0.0346 e. The van der Waals surface area contributed by atoms with E-state index in [-0.39, 0.29) is 0 Å². The number of hydrogen-bond donors (Lipinski definition) is 1. The van der Waals surface area contributed by atoms with Gasteiger partial charge < -0.3 is 5.73 Å². The van der Waals surface area contributed by atoms with Gasteiger partial charge in [-0.1, -0.05) is 0 Å². The molecule has 0 bridgehead atoms. The first-order valence-corrected chi connectivity index (χ1v) is 5.40. The molecular formula is C7H15NOS. The highest BCUT2D eigenvalue weighted by atomic mass is 32.2. The van der Waals surface area contributed by atoms with Gasteiger partial charge in [0, 0.05) is 28.3 Å². The fraction of sp³-hybridized carbons (Fsp3) is 1.00. The zero-order valence-corrected chi connectivity index (χ0v) is 7.19. The summed E-state index contributed by atoms with van der Waals surface area (Å²) in [6.45, 7) is 0. The Balaban J connectivity index is 2.33. The van der Waals surface area contributed by atoms with Gasteiger partial charge in [0.2, 0.25) is 0 Å². The Morgan fingerprint density at radius 2 is 1.80 bits per heavy atom. The molecule has 1 aliphatic rings. The molecule has 2 N–H and O–H groups in total. The molecule has 0 radical (unpaired) electrons. The Morgan fingerprint density at radius 1 is 1.30 bits per heavy atom. The minimum absolute atomic E-state index is 0.375. The molecule has 1 rings (SSSR count). The molecule has 1 fully saturated rings. The minimum Gasteiger partial charge on any atom is -0.328 e. The van der Waals surface area contributed by atoms with Gasteiger partial charge in [0.15, 0.2) is 0 Å². The van der Waals surface area contributed by atoms with E-state index < -0.39 is 10.8 Å². The molecule has 10 heavy (non-hydrogen) atoms. The van der Waals surface area contributed by atoms with Gasteiger partial charge in [-0.05, 0) is 25.7 Å². The first-order chi connectivity index (χ1) is 4.70. The molecule has 0 aromatic rings. The third kappa shape index (κ3) is 2.06. The number of nitrogens with two attached hydrogens (primary N) is 1. The molecule has 0 heterocycles. The molecule has 1 saturated carbocycles. The molecule has 0 aromatic heterocycles. The third-order valence-electron chi connectivity index (χ3n) is 2.19. The van der Waals surface area contributed by atoms with Gasteiger partial charge in [0.05, 0.1) is 0 Å². The van der Waals surface area contributed by atoms with Crippen molar-refractivity contribution in [3.05, 3.63) is 0 Å². The molecular weight excluding hydrogens is 146 g/mol. The van der Waals surface area contributed by atoms with Crippen LogP contribution in [0.1, 0.15) is 25.7 Å². The number of rotatable bonds is 1. The Kier molecular flexibility index (Phi) is 2.86. The van der Waals surface area contributed by atoms with Crippen molar-refractivity contribution in [1.29, 1.82) is 0 Å². The topological polar surface area (TPSA) is 43.1 Å². The quantitative estimate of drug-likeness (QED) is 0.613. The van der Waals surface area contributed by atoms with E-state index in [0.29, 0.717) is 11.3 Å². The Hall–Kier alpha value is 0.110. The molecule has 0 amide bonds. The fourth-order valence-electron chi connectivity index (χ4n) is 1.42. The van der Waals surface area contributed by atoms with Crippen LogP contribution >= 0.6 is 0 Å². The van der Waals surface area contributed by atoms with Gasteiger partial charge >= 0.3 is 0 Å².